The Morgan fingerprint density at radius 3 is 3.00 bits per heavy atom. The molecule has 0 saturated carbocycles. The SMILES string of the molecule is CCC1c2ccsc2CCN1C(=O)CC(CN)OC.Cl. The third-order valence-corrected chi connectivity index (χ3v) is 4.80. The first-order chi connectivity index (χ1) is 9.21. The van der Waals surface area contributed by atoms with Crippen LogP contribution in [0.15, 0.2) is 11.4 Å². The molecule has 114 valence electrons. The Bertz CT molecular complexity index is 435. The Balaban J connectivity index is 0.00000200. The molecular weight excluding hydrogens is 296 g/mol. The van der Waals surface area contributed by atoms with Crippen molar-refractivity contribution in [3.05, 3.63) is 21.9 Å². The van der Waals surface area contributed by atoms with Gasteiger partial charge >= 0.3 is 0 Å². The van der Waals surface area contributed by atoms with E-state index in [4.69, 9.17) is 10.5 Å². The highest BCUT2D eigenvalue weighted by Crippen LogP contribution is 2.35. The summed E-state index contributed by atoms with van der Waals surface area (Å²) < 4.78 is 5.21. The lowest BCUT2D eigenvalue weighted by molar-refractivity contribution is -0.136. The lowest BCUT2D eigenvalue weighted by atomic mass is 9.97. The van der Waals surface area contributed by atoms with Crippen LogP contribution in [-0.2, 0) is 16.0 Å². The van der Waals surface area contributed by atoms with E-state index in [0.717, 1.165) is 19.4 Å². The van der Waals surface area contributed by atoms with E-state index in [9.17, 15) is 4.79 Å². The first kappa shape index (κ1) is 17.4. The highest BCUT2D eigenvalue weighted by Gasteiger charge is 2.30. The van der Waals surface area contributed by atoms with E-state index in [0.29, 0.717) is 13.0 Å². The van der Waals surface area contributed by atoms with Gasteiger partial charge in [0.2, 0.25) is 5.91 Å². The molecule has 2 atom stereocenters. The maximum atomic E-state index is 12.4. The van der Waals surface area contributed by atoms with Gasteiger partial charge in [-0.15, -0.1) is 23.7 Å². The molecule has 1 aromatic heterocycles. The number of methoxy groups -OCH3 is 1. The number of halogens is 1. The summed E-state index contributed by atoms with van der Waals surface area (Å²) in [6.45, 7) is 3.33. The fraction of sp³-hybridized carbons (Fsp3) is 0.643. The zero-order valence-electron chi connectivity index (χ0n) is 12.0. The molecule has 2 N–H and O–H groups in total. The smallest absolute Gasteiger partial charge is 0.225 e. The Hall–Kier alpha value is -0.620. The van der Waals surface area contributed by atoms with Gasteiger partial charge in [-0.1, -0.05) is 6.92 Å². The third kappa shape index (κ3) is 3.52. The molecule has 2 unspecified atom stereocenters. The highest BCUT2D eigenvalue weighted by molar-refractivity contribution is 7.10. The van der Waals surface area contributed by atoms with E-state index in [1.807, 2.05) is 4.90 Å². The lowest BCUT2D eigenvalue weighted by Gasteiger charge is -2.36. The monoisotopic (exact) mass is 318 g/mol. The Labute approximate surface area is 130 Å². The van der Waals surface area contributed by atoms with E-state index >= 15 is 0 Å². The molecule has 1 aliphatic heterocycles. The van der Waals surface area contributed by atoms with Crippen LogP contribution in [-0.4, -0.2) is 37.1 Å². The summed E-state index contributed by atoms with van der Waals surface area (Å²) in [6, 6.07) is 2.38. The summed E-state index contributed by atoms with van der Waals surface area (Å²) in [5, 5.41) is 2.12. The topological polar surface area (TPSA) is 55.6 Å². The summed E-state index contributed by atoms with van der Waals surface area (Å²) in [4.78, 5) is 15.8. The van der Waals surface area contributed by atoms with Gasteiger partial charge in [0.1, 0.15) is 0 Å². The van der Waals surface area contributed by atoms with Crippen molar-refractivity contribution in [3.8, 4) is 0 Å². The Morgan fingerprint density at radius 2 is 2.40 bits per heavy atom. The van der Waals surface area contributed by atoms with Gasteiger partial charge < -0.3 is 15.4 Å². The molecule has 0 fully saturated rings. The number of carbonyl (C=O) groups excluding carboxylic acids is 1. The number of nitrogens with zero attached hydrogens (tertiary/aromatic N) is 1. The fourth-order valence-electron chi connectivity index (χ4n) is 2.71. The number of nitrogens with two attached hydrogens (primary N) is 1. The van der Waals surface area contributed by atoms with Gasteiger partial charge in [0.25, 0.3) is 0 Å². The van der Waals surface area contributed by atoms with Crippen LogP contribution in [0, 0.1) is 0 Å². The molecule has 1 amide bonds. The largest absolute Gasteiger partial charge is 0.380 e. The van der Waals surface area contributed by atoms with Gasteiger partial charge in [0, 0.05) is 25.1 Å². The predicted octanol–water partition coefficient (Wildman–Crippen LogP) is 2.37. The molecule has 4 nitrogen and oxygen atoms in total. The number of amides is 1. The molecule has 0 spiro atoms. The summed E-state index contributed by atoms with van der Waals surface area (Å²) in [7, 11) is 1.61. The Morgan fingerprint density at radius 1 is 1.65 bits per heavy atom. The molecule has 2 rings (SSSR count). The highest BCUT2D eigenvalue weighted by atomic mass is 35.5. The summed E-state index contributed by atoms with van der Waals surface area (Å²) >= 11 is 1.80. The van der Waals surface area contributed by atoms with Crippen molar-refractivity contribution in [2.45, 2.75) is 38.3 Å². The van der Waals surface area contributed by atoms with E-state index in [2.05, 4.69) is 18.4 Å². The molecule has 1 aromatic rings. The van der Waals surface area contributed by atoms with E-state index in [1.54, 1.807) is 18.4 Å². The van der Waals surface area contributed by atoms with Crippen LogP contribution in [0.2, 0.25) is 0 Å². The van der Waals surface area contributed by atoms with Crippen LogP contribution in [0.1, 0.15) is 36.2 Å². The molecule has 1 aliphatic rings. The number of rotatable bonds is 5. The molecule has 0 aliphatic carbocycles. The lowest BCUT2D eigenvalue weighted by Crippen LogP contribution is -2.41. The molecule has 0 aromatic carbocycles. The van der Waals surface area contributed by atoms with Gasteiger partial charge in [-0.3, -0.25) is 4.79 Å². The van der Waals surface area contributed by atoms with Crippen LogP contribution in [0.5, 0.6) is 0 Å². The van der Waals surface area contributed by atoms with Crippen molar-refractivity contribution < 1.29 is 9.53 Å². The van der Waals surface area contributed by atoms with Crippen LogP contribution in [0.4, 0.5) is 0 Å². The van der Waals surface area contributed by atoms with Crippen molar-refractivity contribution in [2.24, 2.45) is 5.73 Å². The van der Waals surface area contributed by atoms with Gasteiger partial charge in [-0.25, -0.2) is 0 Å². The molecule has 0 bridgehead atoms. The number of fused-ring (bicyclic) bond motifs is 1. The summed E-state index contributed by atoms with van der Waals surface area (Å²) in [6.07, 6.45) is 2.13. The number of thiophene rings is 1. The number of carbonyl (C=O) groups is 1. The van der Waals surface area contributed by atoms with Gasteiger partial charge in [-0.2, -0.15) is 0 Å². The van der Waals surface area contributed by atoms with Crippen molar-refractivity contribution >= 4 is 29.7 Å². The second-order valence-corrected chi connectivity index (χ2v) is 5.86. The fourth-order valence-corrected chi connectivity index (χ4v) is 3.64. The number of ether oxygens (including phenoxy) is 1. The van der Waals surface area contributed by atoms with Crippen LogP contribution >= 0.6 is 23.7 Å². The average molecular weight is 319 g/mol. The van der Waals surface area contributed by atoms with Crippen molar-refractivity contribution in [2.75, 3.05) is 20.2 Å². The Kier molecular flexibility index (Phi) is 6.95. The van der Waals surface area contributed by atoms with Crippen LogP contribution in [0.25, 0.3) is 0 Å². The summed E-state index contributed by atoms with van der Waals surface area (Å²) in [5.41, 5.74) is 6.92. The standard InChI is InChI=1S/C14H22N2O2S.ClH/c1-3-12-11-5-7-19-13(11)4-6-16(12)14(17)8-10(9-15)18-2;/h5,7,10,12H,3-4,6,8-9,15H2,1-2H3;1H. The minimum absolute atomic E-state index is 0. The number of hydrogen-bond acceptors (Lipinski definition) is 4. The molecule has 2 heterocycles. The molecular formula is C14H23ClN2O2S. The maximum Gasteiger partial charge on any atom is 0.225 e. The zero-order chi connectivity index (χ0) is 13.8. The van der Waals surface area contributed by atoms with Crippen LogP contribution in [0.3, 0.4) is 0 Å². The third-order valence-electron chi connectivity index (χ3n) is 3.80. The average Bonchev–Trinajstić information content (AvgIpc) is 2.91. The van der Waals surface area contributed by atoms with Crippen molar-refractivity contribution in [1.82, 2.24) is 4.90 Å². The second-order valence-electron chi connectivity index (χ2n) is 4.86. The predicted molar refractivity (Wildman–Crippen MR) is 84.5 cm³/mol. The first-order valence-corrected chi connectivity index (χ1v) is 7.67. The first-order valence-electron chi connectivity index (χ1n) is 6.79. The number of hydrogen-bond donors (Lipinski definition) is 1. The molecule has 20 heavy (non-hydrogen) atoms. The zero-order valence-corrected chi connectivity index (χ0v) is 13.6. The van der Waals surface area contributed by atoms with Crippen LogP contribution < -0.4 is 5.73 Å². The maximum absolute atomic E-state index is 12.4. The molecule has 0 saturated heterocycles. The minimum atomic E-state index is -0.172. The minimum Gasteiger partial charge on any atom is -0.380 e. The quantitative estimate of drug-likeness (QED) is 0.907. The normalized spacial score (nSPS) is 19.1. The van der Waals surface area contributed by atoms with E-state index in [1.165, 1.54) is 10.4 Å². The van der Waals surface area contributed by atoms with Gasteiger partial charge in [-0.05, 0) is 29.9 Å². The summed E-state index contributed by atoms with van der Waals surface area (Å²) in [5.74, 6) is 0.154. The van der Waals surface area contributed by atoms with Gasteiger partial charge in [0.15, 0.2) is 0 Å². The van der Waals surface area contributed by atoms with E-state index < -0.39 is 0 Å². The molecule has 6 heteroatoms. The van der Waals surface area contributed by atoms with Crippen molar-refractivity contribution in [3.63, 3.8) is 0 Å². The van der Waals surface area contributed by atoms with Gasteiger partial charge in [0.05, 0.1) is 18.6 Å². The van der Waals surface area contributed by atoms with E-state index in [-0.39, 0.29) is 30.5 Å². The van der Waals surface area contributed by atoms with Crippen molar-refractivity contribution in [1.29, 1.82) is 0 Å². The second kappa shape index (κ2) is 7.98. The molecule has 0 radical (unpaired) electrons.